The first-order valence-corrected chi connectivity index (χ1v) is 13.7. The lowest BCUT2D eigenvalue weighted by Crippen LogP contribution is -2.38. The number of anilines is 1. The Morgan fingerprint density at radius 3 is 2.42 bits per heavy atom. The molecule has 10 nitrogen and oxygen atoms in total. The molecule has 10 heteroatoms. The van der Waals surface area contributed by atoms with Gasteiger partial charge in [0.2, 0.25) is 11.8 Å². The normalized spacial score (nSPS) is 11.0. The molecule has 2 N–H and O–H groups in total. The van der Waals surface area contributed by atoms with Crippen molar-refractivity contribution in [2.24, 2.45) is 7.05 Å². The fourth-order valence-corrected chi connectivity index (χ4v) is 4.77. The highest BCUT2D eigenvalue weighted by Gasteiger charge is 2.19. The first kappa shape index (κ1) is 30.7. The SMILES string of the molecule is CNC(=O)c1ccc(/C=C/C(=O)NCC(=O)N(C)c2ccc(C)c(COc3cccc4c3nc(C(C)=O)n4C)c2C)cc1. The molecule has 1 aromatic heterocycles. The Balaban J connectivity index is 1.41. The average molecular weight is 582 g/mol. The first-order chi connectivity index (χ1) is 20.5. The van der Waals surface area contributed by atoms with Crippen molar-refractivity contribution in [2.45, 2.75) is 27.4 Å². The number of ketones is 1. The fraction of sp³-hybridized carbons (Fsp3) is 0.242. The number of ether oxygens (including phenoxy) is 1. The zero-order valence-corrected chi connectivity index (χ0v) is 25.1. The van der Waals surface area contributed by atoms with E-state index in [0.717, 1.165) is 27.8 Å². The van der Waals surface area contributed by atoms with Crippen LogP contribution in [0.2, 0.25) is 0 Å². The predicted octanol–water partition coefficient (Wildman–Crippen LogP) is 4.12. The van der Waals surface area contributed by atoms with Gasteiger partial charge in [-0.1, -0.05) is 24.3 Å². The molecule has 222 valence electrons. The Hall–Kier alpha value is -5.25. The summed E-state index contributed by atoms with van der Waals surface area (Å²) in [4.78, 5) is 55.0. The van der Waals surface area contributed by atoms with E-state index in [1.165, 1.54) is 17.9 Å². The lowest BCUT2D eigenvalue weighted by molar-refractivity contribution is -0.122. The first-order valence-electron chi connectivity index (χ1n) is 13.7. The highest BCUT2D eigenvalue weighted by atomic mass is 16.5. The Bertz CT molecular complexity index is 1740. The van der Waals surface area contributed by atoms with E-state index in [2.05, 4.69) is 15.6 Å². The van der Waals surface area contributed by atoms with E-state index in [-0.39, 0.29) is 30.7 Å². The molecular formula is C33H35N5O5. The minimum absolute atomic E-state index is 0.127. The number of carbonyl (C=O) groups is 4. The second-order valence-electron chi connectivity index (χ2n) is 10.2. The molecule has 0 atom stereocenters. The molecule has 0 fully saturated rings. The number of aryl methyl sites for hydroxylation is 2. The van der Waals surface area contributed by atoms with Crippen LogP contribution in [-0.4, -0.2) is 53.7 Å². The van der Waals surface area contributed by atoms with Crippen LogP contribution in [0.15, 0.2) is 60.7 Å². The van der Waals surface area contributed by atoms with Crippen LogP contribution >= 0.6 is 0 Å². The molecule has 0 aliphatic rings. The average Bonchev–Trinajstić information content (AvgIpc) is 3.35. The number of likely N-dealkylation sites (N-methyl/N-ethyl adjacent to an activating group) is 1. The van der Waals surface area contributed by atoms with Gasteiger partial charge in [0.15, 0.2) is 11.6 Å². The quantitative estimate of drug-likeness (QED) is 0.215. The molecule has 4 aromatic rings. The van der Waals surface area contributed by atoms with Gasteiger partial charge < -0.3 is 24.8 Å². The number of fused-ring (bicyclic) bond motifs is 1. The molecule has 0 aliphatic heterocycles. The summed E-state index contributed by atoms with van der Waals surface area (Å²) in [7, 11) is 5.03. The highest BCUT2D eigenvalue weighted by molar-refractivity contribution is 6.00. The highest BCUT2D eigenvalue weighted by Crippen LogP contribution is 2.30. The number of benzene rings is 3. The lowest BCUT2D eigenvalue weighted by atomic mass is 10.0. The van der Waals surface area contributed by atoms with E-state index in [9.17, 15) is 19.2 Å². The second-order valence-corrected chi connectivity index (χ2v) is 10.2. The van der Waals surface area contributed by atoms with Crippen molar-refractivity contribution < 1.29 is 23.9 Å². The molecule has 0 saturated carbocycles. The van der Waals surface area contributed by atoms with Crippen molar-refractivity contribution in [1.29, 1.82) is 0 Å². The molecule has 3 amide bonds. The summed E-state index contributed by atoms with van der Waals surface area (Å²) in [5, 5.41) is 5.18. The van der Waals surface area contributed by atoms with Gasteiger partial charge in [-0.15, -0.1) is 0 Å². The van der Waals surface area contributed by atoms with Crippen LogP contribution in [0.25, 0.3) is 17.1 Å². The summed E-state index contributed by atoms with van der Waals surface area (Å²) >= 11 is 0. The van der Waals surface area contributed by atoms with Gasteiger partial charge in [-0.3, -0.25) is 19.2 Å². The molecule has 0 bridgehead atoms. The maximum atomic E-state index is 13.0. The van der Waals surface area contributed by atoms with Gasteiger partial charge in [-0.05, 0) is 72.5 Å². The lowest BCUT2D eigenvalue weighted by Gasteiger charge is -2.23. The van der Waals surface area contributed by atoms with Crippen molar-refractivity contribution in [3.8, 4) is 5.75 Å². The summed E-state index contributed by atoms with van der Waals surface area (Å²) < 4.78 is 7.95. The van der Waals surface area contributed by atoms with Crippen molar-refractivity contribution in [2.75, 3.05) is 25.5 Å². The Morgan fingerprint density at radius 1 is 1.02 bits per heavy atom. The van der Waals surface area contributed by atoms with Crippen LogP contribution in [0.3, 0.4) is 0 Å². The Labute approximate surface area is 250 Å². The van der Waals surface area contributed by atoms with Crippen molar-refractivity contribution >= 4 is 46.3 Å². The van der Waals surface area contributed by atoms with E-state index >= 15 is 0 Å². The van der Waals surface area contributed by atoms with E-state index in [1.54, 1.807) is 56.1 Å². The number of rotatable bonds is 10. The molecule has 3 aromatic carbocycles. The third kappa shape index (κ3) is 6.81. The number of hydrogen-bond acceptors (Lipinski definition) is 6. The number of imidazole rings is 1. The van der Waals surface area contributed by atoms with Gasteiger partial charge in [0, 0.05) is 45.4 Å². The topological polar surface area (TPSA) is 123 Å². The van der Waals surface area contributed by atoms with E-state index < -0.39 is 5.91 Å². The predicted molar refractivity (Wildman–Crippen MR) is 166 cm³/mol. The number of aromatic nitrogens is 2. The summed E-state index contributed by atoms with van der Waals surface area (Å²) in [6.45, 7) is 5.44. The molecule has 4 rings (SSSR count). The van der Waals surface area contributed by atoms with Gasteiger partial charge in [0.05, 0.1) is 12.1 Å². The minimum Gasteiger partial charge on any atom is -0.487 e. The number of carbonyl (C=O) groups excluding carboxylic acids is 4. The summed E-state index contributed by atoms with van der Waals surface area (Å²) in [5.41, 5.74) is 6.17. The van der Waals surface area contributed by atoms with E-state index in [1.807, 2.05) is 44.2 Å². The number of Topliss-reactive ketones (excluding diaryl/α,β-unsaturated/α-hetero) is 1. The molecule has 0 unspecified atom stereocenters. The van der Waals surface area contributed by atoms with Crippen molar-refractivity contribution in [1.82, 2.24) is 20.2 Å². The third-order valence-electron chi connectivity index (χ3n) is 7.34. The second kappa shape index (κ2) is 13.2. The number of nitrogens with one attached hydrogen (secondary N) is 2. The van der Waals surface area contributed by atoms with E-state index in [0.29, 0.717) is 28.3 Å². The molecule has 1 heterocycles. The molecule has 0 aliphatic carbocycles. The molecular weight excluding hydrogens is 546 g/mol. The molecule has 43 heavy (non-hydrogen) atoms. The number of para-hydroxylation sites is 1. The summed E-state index contributed by atoms with van der Waals surface area (Å²) in [5.74, 6) is -0.0930. The van der Waals surface area contributed by atoms with Crippen LogP contribution in [0, 0.1) is 13.8 Å². The van der Waals surface area contributed by atoms with Gasteiger partial charge in [0.25, 0.3) is 5.91 Å². The van der Waals surface area contributed by atoms with E-state index in [4.69, 9.17) is 4.74 Å². The van der Waals surface area contributed by atoms with Crippen molar-refractivity contribution in [3.63, 3.8) is 0 Å². The molecule has 0 saturated heterocycles. The molecule has 0 spiro atoms. The zero-order chi connectivity index (χ0) is 31.3. The Kier molecular flexibility index (Phi) is 9.39. The zero-order valence-electron chi connectivity index (χ0n) is 25.1. The molecule has 0 radical (unpaired) electrons. The number of amides is 3. The van der Waals surface area contributed by atoms with Crippen LogP contribution in [0.1, 0.15) is 50.2 Å². The number of hydrogen-bond donors (Lipinski definition) is 2. The smallest absolute Gasteiger partial charge is 0.251 e. The maximum absolute atomic E-state index is 13.0. The van der Waals surface area contributed by atoms with Crippen LogP contribution in [0.5, 0.6) is 5.75 Å². The van der Waals surface area contributed by atoms with Gasteiger partial charge >= 0.3 is 0 Å². The largest absolute Gasteiger partial charge is 0.487 e. The standard InChI is InChI=1S/C33H35N5O5/c1-20-10-16-26(21(2)25(20)19-43-28-9-7-8-27-31(28)36-32(22(3)39)38(27)6)37(5)30(41)18-35-29(40)17-13-23-11-14-24(15-12-23)33(42)34-4/h7-17H,18-19H2,1-6H3,(H,34,42)(H,35,40)/b17-13+. The van der Waals surface area contributed by atoms with Crippen molar-refractivity contribution in [3.05, 3.63) is 94.3 Å². The minimum atomic E-state index is -0.413. The summed E-state index contributed by atoms with van der Waals surface area (Å²) in [6, 6.07) is 16.2. The van der Waals surface area contributed by atoms with Crippen LogP contribution < -0.4 is 20.3 Å². The maximum Gasteiger partial charge on any atom is 0.251 e. The third-order valence-corrected chi connectivity index (χ3v) is 7.34. The van der Waals surface area contributed by atoms with Gasteiger partial charge in [0.1, 0.15) is 17.9 Å². The monoisotopic (exact) mass is 581 g/mol. The fourth-order valence-electron chi connectivity index (χ4n) is 4.77. The van der Waals surface area contributed by atoms with Crippen LogP contribution in [-0.2, 0) is 23.2 Å². The summed E-state index contributed by atoms with van der Waals surface area (Å²) in [6.07, 6.45) is 2.95. The van der Waals surface area contributed by atoms with Gasteiger partial charge in [-0.2, -0.15) is 0 Å². The number of nitrogens with zero attached hydrogens (tertiary/aromatic N) is 3. The van der Waals surface area contributed by atoms with Gasteiger partial charge in [-0.25, -0.2) is 4.98 Å². The Morgan fingerprint density at radius 2 is 1.74 bits per heavy atom. The van der Waals surface area contributed by atoms with Crippen LogP contribution in [0.4, 0.5) is 5.69 Å².